The van der Waals surface area contributed by atoms with Crippen molar-refractivity contribution >= 4 is 22.9 Å². The molecule has 20 heavy (non-hydrogen) atoms. The second-order valence-corrected chi connectivity index (χ2v) is 6.05. The van der Waals surface area contributed by atoms with Crippen LogP contribution in [-0.4, -0.2) is 22.8 Å². The lowest BCUT2D eigenvalue weighted by Gasteiger charge is -2.26. The Bertz CT molecular complexity index is 611. The number of hydrogen-bond donors (Lipinski definition) is 1. The molecule has 1 aliphatic carbocycles. The Hall–Kier alpha value is -1.51. The predicted molar refractivity (Wildman–Crippen MR) is 79.5 cm³/mol. The largest absolute Gasteiger partial charge is 0.431 e. The van der Waals surface area contributed by atoms with Crippen LogP contribution in [0.5, 0.6) is 0 Å². The maximum Gasteiger partial charge on any atom is 0.256 e. The zero-order valence-corrected chi connectivity index (χ0v) is 12.2. The summed E-state index contributed by atoms with van der Waals surface area (Å²) in [6.45, 7) is 2.84. The fourth-order valence-electron chi connectivity index (χ4n) is 2.46. The number of oxazole rings is 1. The van der Waals surface area contributed by atoms with Crippen molar-refractivity contribution in [2.24, 2.45) is 5.92 Å². The molecule has 2 aromatic rings. The van der Waals surface area contributed by atoms with Crippen molar-refractivity contribution in [3.63, 3.8) is 0 Å². The summed E-state index contributed by atoms with van der Waals surface area (Å²) < 4.78 is 5.70. The van der Waals surface area contributed by atoms with Crippen LogP contribution in [0.15, 0.2) is 33.9 Å². The predicted octanol–water partition coefficient (Wildman–Crippen LogP) is 3.20. The molecule has 0 bridgehead atoms. The average Bonchev–Trinajstić information content (AvgIpc) is 3.23. The fourth-order valence-corrected chi connectivity index (χ4v) is 3.52. The van der Waals surface area contributed by atoms with Crippen LogP contribution in [0.1, 0.15) is 19.8 Å². The summed E-state index contributed by atoms with van der Waals surface area (Å²) >= 11 is 1.52. The average molecular weight is 287 g/mol. The number of benzene rings is 1. The summed E-state index contributed by atoms with van der Waals surface area (Å²) in [5, 5.41) is 13.6. The highest BCUT2D eigenvalue weighted by atomic mass is 32.2. The van der Waals surface area contributed by atoms with Gasteiger partial charge in [-0.25, -0.2) is 4.98 Å². The Morgan fingerprint density at radius 2 is 2.30 bits per heavy atom. The van der Waals surface area contributed by atoms with Gasteiger partial charge >= 0.3 is 0 Å². The molecular formula is C15H17N3OS. The Balaban J connectivity index is 1.75. The second-order valence-electron chi connectivity index (χ2n) is 5.12. The molecule has 1 atom stereocenters. The standard InChI is InChI=1S/C15H17N3OS/c1-2-17-15(9-16,11-7-8-11)10-20-14-18-12-5-3-4-6-13(12)19-14/h3-6,11,17H,2,7-8,10H2,1H3. The van der Waals surface area contributed by atoms with E-state index in [1.165, 1.54) is 11.8 Å². The molecule has 1 N–H and O–H groups in total. The van der Waals surface area contributed by atoms with E-state index in [2.05, 4.69) is 16.4 Å². The molecule has 1 fully saturated rings. The quantitative estimate of drug-likeness (QED) is 0.827. The third-order valence-corrected chi connectivity index (χ3v) is 4.68. The van der Waals surface area contributed by atoms with Crippen LogP contribution in [0.25, 0.3) is 11.1 Å². The van der Waals surface area contributed by atoms with Crippen molar-refractivity contribution in [3.8, 4) is 6.07 Å². The van der Waals surface area contributed by atoms with Gasteiger partial charge in [-0.3, -0.25) is 5.32 Å². The Morgan fingerprint density at radius 3 is 2.95 bits per heavy atom. The highest BCUT2D eigenvalue weighted by Gasteiger charge is 2.45. The molecule has 5 heteroatoms. The number of hydrogen-bond acceptors (Lipinski definition) is 5. The molecule has 104 valence electrons. The van der Waals surface area contributed by atoms with Crippen molar-refractivity contribution in [3.05, 3.63) is 24.3 Å². The number of fused-ring (bicyclic) bond motifs is 1. The fraction of sp³-hybridized carbons (Fsp3) is 0.467. The van der Waals surface area contributed by atoms with Gasteiger partial charge in [0.25, 0.3) is 5.22 Å². The molecule has 1 saturated carbocycles. The highest BCUT2D eigenvalue weighted by Crippen LogP contribution is 2.42. The van der Waals surface area contributed by atoms with Gasteiger partial charge in [0.05, 0.1) is 6.07 Å². The van der Waals surface area contributed by atoms with Gasteiger partial charge in [-0.2, -0.15) is 5.26 Å². The van der Waals surface area contributed by atoms with Gasteiger partial charge in [-0.1, -0.05) is 30.8 Å². The molecule has 3 rings (SSSR count). The topological polar surface area (TPSA) is 61.9 Å². The molecule has 1 heterocycles. The first kappa shape index (κ1) is 13.5. The van der Waals surface area contributed by atoms with Crippen LogP contribution in [0.4, 0.5) is 0 Å². The van der Waals surface area contributed by atoms with E-state index in [4.69, 9.17) is 4.42 Å². The smallest absolute Gasteiger partial charge is 0.256 e. The van der Waals surface area contributed by atoms with Gasteiger partial charge < -0.3 is 4.42 Å². The van der Waals surface area contributed by atoms with E-state index in [-0.39, 0.29) is 0 Å². The van der Waals surface area contributed by atoms with Gasteiger partial charge in [0.15, 0.2) is 5.58 Å². The maximum atomic E-state index is 9.56. The van der Waals surface area contributed by atoms with Crippen molar-refractivity contribution in [2.75, 3.05) is 12.3 Å². The Labute approximate surface area is 122 Å². The number of nitrogens with zero attached hydrogens (tertiary/aromatic N) is 2. The Kier molecular flexibility index (Phi) is 3.68. The first-order chi connectivity index (χ1) is 9.77. The molecule has 1 aliphatic rings. The summed E-state index contributed by atoms with van der Waals surface area (Å²) in [5.41, 5.74) is 1.22. The van der Waals surface area contributed by atoms with Crippen LogP contribution in [0, 0.1) is 17.2 Å². The first-order valence-electron chi connectivity index (χ1n) is 6.92. The number of aromatic nitrogens is 1. The molecule has 0 aliphatic heterocycles. The lowest BCUT2D eigenvalue weighted by atomic mass is 9.98. The monoisotopic (exact) mass is 287 g/mol. The van der Waals surface area contributed by atoms with Crippen molar-refractivity contribution in [1.82, 2.24) is 10.3 Å². The van der Waals surface area contributed by atoms with E-state index in [0.29, 0.717) is 16.9 Å². The zero-order chi connectivity index (χ0) is 14.0. The van der Waals surface area contributed by atoms with E-state index in [1.807, 2.05) is 31.2 Å². The third kappa shape index (κ3) is 2.54. The van der Waals surface area contributed by atoms with E-state index in [0.717, 1.165) is 30.5 Å². The van der Waals surface area contributed by atoms with Crippen LogP contribution in [0.2, 0.25) is 0 Å². The van der Waals surface area contributed by atoms with Crippen molar-refractivity contribution < 1.29 is 4.42 Å². The maximum absolute atomic E-state index is 9.56. The molecular weight excluding hydrogens is 270 g/mol. The molecule has 0 amide bonds. The molecule has 1 aromatic heterocycles. The molecule has 1 unspecified atom stereocenters. The van der Waals surface area contributed by atoms with Gasteiger partial charge in [-0.05, 0) is 37.4 Å². The summed E-state index contributed by atoms with van der Waals surface area (Å²) in [6.07, 6.45) is 2.27. The van der Waals surface area contributed by atoms with E-state index in [9.17, 15) is 5.26 Å². The summed E-state index contributed by atoms with van der Waals surface area (Å²) in [6, 6.07) is 10.2. The van der Waals surface area contributed by atoms with Gasteiger partial charge in [-0.15, -0.1) is 0 Å². The first-order valence-corrected chi connectivity index (χ1v) is 7.90. The SMILES string of the molecule is CCNC(C#N)(CSc1nc2ccccc2o1)C1CC1. The lowest BCUT2D eigenvalue weighted by molar-refractivity contribution is 0.413. The molecule has 1 aromatic carbocycles. The van der Waals surface area contributed by atoms with E-state index >= 15 is 0 Å². The minimum atomic E-state index is -0.444. The molecule has 0 spiro atoms. The van der Waals surface area contributed by atoms with Crippen LogP contribution < -0.4 is 5.32 Å². The second kappa shape index (κ2) is 5.47. The third-order valence-electron chi connectivity index (χ3n) is 3.66. The van der Waals surface area contributed by atoms with Crippen LogP contribution in [0.3, 0.4) is 0 Å². The summed E-state index contributed by atoms with van der Waals surface area (Å²) in [7, 11) is 0. The highest BCUT2D eigenvalue weighted by molar-refractivity contribution is 7.99. The van der Waals surface area contributed by atoms with Gasteiger partial charge in [0.1, 0.15) is 11.1 Å². The molecule has 0 saturated heterocycles. The summed E-state index contributed by atoms with van der Waals surface area (Å²) in [5.74, 6) is 1.14. The number of para-hydroxylation sites is 2. The lowest BCUT2D eigenvalue weighted by Crippen LogP contribution is -2.48. The van der Waals surface area contributed by atoms with Gasteiger partial charge in [0, 0.05) is 5.75 Å². The normalized spacial score (nSPS) is 17.8. The van der Waals surface area contributed by atoms with Crippen molar-refractivity contribution in [2.45, 2.75) is 30.5 Å². The zero-order valence-electron chi connectivity index (χ0n) is 11.4. The number of nitriles is 1. The van der Waals surface area contributed by atoms with Crippen LogP contribution in [-0.2, 0) is 0 Å². The minimum absolute atomic E-state index is 0.444. The van der Waals surface area contributed by atoms with E-state index in [1.54, 1.807) is 0 Å². The number of nitrogens with one attached hydrogen (secondary N) is 1. The molecule has 0 radical (unpaired) electrons. The number of thioether (sulfide) groups is 1. The van der Waals surface area contributed by atoms with Gasteiger partial charge in [0.2, 0.25) is 0 Å². The Morgan fingerprint density at radius 1 is 1.50 bits per heavy atom. The van der Waals surface area contributed by atoms with Crippen LogP contribution >= 0.6 is 11.8 Å². The van der Waals surface area contributed by atoms with Crippen molar-refractivity contribution in [1.29, 1.82) is 5.26 Å². The van der Waals surface area contributed by atoms with E-state index < -0.39 is 5.54 Å². The number of rotatable bonds is 6. The minimum Gasteiger partial charge on any atom is -0.431 e. The summed E-state index contributed by atoms with van der Waals surface area (Å²) in [4.78, 5) is 4.45. The molecule has 4 nitrogen and oxygen atoms in total.